The minimum Gasteiger partial charge on any atom is -0.337 e. The lowest BCUT2D eigenvalue weighted by Crippen LogP contribution is -2.40. The highest BCUT2D eigenvalue weighted by Gasteiger charge is 2.28. The SMILES string of the molecule is Cc1nc(C(=O)N2CCC[C@@H](c3nccn3Cc3ccncc3)C2)cs1. The Morgan fingerprint density at radius 3 is 2.92 bits per heavy atom. The third-order valence-electron chi connectivity index (χ3n) is 4.76. The molecule has 0 bridgehead atoms. The molecule has 1 amide bonds. The molecule has 0 aliphatic carbocycles. The van der Waals surface area contributed by atoms with Gasteiger partial charge in [0.1, 0.15) is 11.5 Å². The third kappa shape index (κ3) is 3.53. The minimum atomic E-state index is 0.0336. The van der Waals surface area contributed by atoms with Crippen LogP contribution in [0.2, 0.25) is 0 Å². The van der Waals surface area contributed by atoms with Gasteiger partial charge in [0, 0.05) is 55.7 Å². The number of thiazole rings is 1. The highest BCUT2D eigenvalue weighted by atomic mass is 32.1. The monoisotopic (exact) mass is 367 g/mol. The Hall–Kier alpha value is -2.54. The van der Waals surface area contributed by atoms with Gasteiger partial charge < -0.3 is 9.47 Å². The molecule has 4 rings (SSSR count). The van der Waals surface area contributed by atoms with Crippen molar-refractivity contribution in [2.75, 3.05) is 13.1 Å². The van der Waals surface area contributed by atoms with Gasteiger partial charge in [-0.15, -0.1) is 11.3 Å². The van der Waals surface area contributed by atoms with Gasteiger partial charge in [-0.05, 0) is 37.5 Å². The molecule has 1 saturated heterocycles. The molecule has 134 valence electrons. The molecule has 6 nitrogen and oxygen atoms in total. The summed E-state index contributed by atoms with van der Waals surface area (Å²) in [5, 5.41) is 2.78. The first kappa shape index (κ1) is 16.9. The summed E-state index contributed by atoms with van der Waals surface area (Å²) in [6, 6.07) is 4.04. The maximum atomic E-state index is 12.7. The summed E-state index contributed by atoms with van der Waals surface area (Å²) in [6.07, 6.45) is 9.52. The van der Waals surface area contributed by atoms with Crippen molar-refractivity contribution in [3.63, 3.8) is 0 Å². The largest absolute Gasteiger partial charge is 0.337 e. The fraction of sp³-hybridized carbons (Fsp3) is 0.368. The van der Waals surface area contributed by atoms with E-state index in [0.717, 1.165) is 36.8 Å². The van der Waals surface area contributed by atoms with Crippen LogP contribution in [0.5, 0.6) is 0 Å². The molecule has 0 unspecified atom stereocenters. The van der Waals surface area contributed by atoms with Gasteiger partial charge in [-0.25, -0.2) is 9.97 Å². The van der Waals surface area contributed by atoms with Gasteiger partial charge in [0.05, 0.1) is 5.01 Å². The normalized spacial score (nSPS) is 17.4. The number of rotatable bonds is 4. The molecule has 0 radical (unpaired) electrons. The van der Waals surface area contributed by atoms with Crippen LogP contribution in [0.1, 0.15) is 45.6 Å². The van der Waals surface area contributed by atoms with Crippen LogP contribution < -0.4 is 0 Å². The van der Waals surface area contributed by atoms with Crippen molar-refractivity contribution in [1.82, 2.24) is 24.4 Å². The van der Waals surface area contributed by atoms with Crippen LogP contribution >= 0.6 is 11.3 Å². The van der Waals surface area contributed by atoms with Crippen LogP contribution in [0.25, 0.3) is 0 Å². The third-order valence-corrected chi connectivity index (χ3v) is 5.54. The Kier molecular flexibility index (Phi) is 4.79. The maximum absolute atomic E-state index is 12.7. The number of aryl methyl sites for hydroxylation is 1. The van der Waals surface area contributed by atoms with E-state index >= 15 is 0 Å². The van der Waals surface area contributed by atoms with Crippen LogP contribution in [-0.4, -0.2) is 43.4 Å². The second-order valence-electron chi connectivity index (χ2n) is 6.61. The molecule has 1 aliphatic rings. The van der Waals surface area contributed by atoms with E-state index in [0.29, 0.717) is 12.2 Å². The predicted octanol–water partition coefficient (Wildman–Crippen LogP) is 3.11. The lowest BCUT2D eigenvalue weighted by molar-refractivity contribution is 0.0698. The number of pyridine rings is 1. The van der Waals surface area contributed by atoms with Gasteiger partial charge in [0.25, 0.3) is 5.91 Å². The molecule has 1 aliphatic heterocycles. The first-order chi connectivity index (χ1) is 12.7. The molecule has 0 spiro atoms. The molecule has 7 heteroatoms. The zero-order valence-corrected chi connectivity index (χ0v) is 15.5. The average molecular weight is 367 g/mol. The standard InChI is InChI=1S/C19H21N5OS/c1-14-22-17(13-26-14)19(25)24-9-2-3-16(12-24)18-21-8-10-23(18)11-15-4-6-20-7-5-15/h4-8,10,13,16H,2-3,9,11-12H2,1H3/t16-/m1/s1. The first-order valence-corrected chi connectivity index (χ1v) is 9.70. The van der Waals surface area contributed by atoms with E-state index in [9.17, 15) is 4.79 Å². The topological polar surface area (TPSA) is 63.9 Å². The van der Waals surface area contributed by atoms with Crippen molar-refractivity contribution in [3.05, 3.63) is 64.4 Å². The Labute approximate surface area is 156 Å². The Bertz CT molecular complexity index is 888. The number of carbonyl (C=O) groups excluding carboxylic acids is 1. The second-order valence-corrected chi connectivity index (χ2v) is 7.67. The number of nitrogens with zero attached hydrogens (tertiary/aromatic N) is 5. The summed E-state index contributed by atoms with van der Waals surface area (Å²) in [7, 11) is 0. The van der Waals surface area contributed by atoms with Crippen LogP contribution in [-0.2, 0) is 6.54 Å². The van der Waals surface area contributed by atoms with E-state index in [1.54, 1.807) is 0 Å². The molecule has 0 aromatic carbocycles. The highest BCUT2D eigenvalue weighted by Crippen LogP contribution is 2.27. The second kappa shape index (κ2) is 7.37. The number of aromatic nitrogens is 4. The summed E-state index contributed by atoms with van der Waals surface area (Å²) >= 11 is 1.52. The molecule has 1 fully saturated rings. The van der Waals surface area contributed by atoms with E-state index in [1.165, 1.54) is 16.9 Å². The molecule has 1 atom stereocenters. The van der Waals surface area contributed by atoms with Gasteiger partial charge in [-0.2, -0.15) is 0 Å². The molecular weight excluding hydrogens is 346 g/mol. The number of hydrogen-bond acceptors (Lipinski definition) is 5. The van der Waals surface area contributed by atoms with Gasteiger partial charge >= 0.3 is 0 Å². The van der Waals surface area contributed by atoms with Crippen molar-refractivity contribution in [1.29, 1.82) is 0 Å². The molecular formula is C19H21N5OS. The molecule has 3 aromatic heterocycles. The summed E-state index contributed by atoms with van der Waals surface area (Å²) < 4.78 is 2.18. The molecule has 0 N–H and O–H groups in total. The van der Waals surface area contributed by atoms with Crippen molar-refractivity contribution in [2.45, 2.75) is 32.2 Å². The van der Waals surface area contributed by atoms with Gasteiger partial charge in [0.2, 0.25) is 0 Å². The smallest absolute Gasteiger partial charge is 0.273 e. The molecule has 3 aromatic rings. The van der Waals surface area contributed by atoms with E-state index in [2.05, 4.69) is 19.5 Å². The van der Waals surface area contributed by atoms with Crippen molar-refractivity contribution in [3.8, 4) is 0 Å². The number of carbonyl (C=O) groups is 1. The maximum Gasteiger partial charge on any atom is 0.273 e. The number of likely N-dealkylation sites (tertiary alicyclic amines) is 1. The fourth-order valence-electron chi connectivity index (χ4n) is 3.50. The lowest BCUT2D eigenvalue weighted by Gasteiger charge is -2.32. The number of hydrogen-bond donors (Lipinski definition) is 0. The van der Waals surface area contributed by atoms with Crippen LogP contribution in [0.3, 0.4) is 0 Å². The number of piperidine rings is 1. The molecule has 4 heterocycles. The average Bonchev–Trinajstić information content (AvgIpc) is 3.31. The van der Waals surface area contributed by atoms with Gasteiger partial charge in [-0.1, -0.05) is 0 Å². The van der Waals surface area contributed by atoms with Crippen LogP contribution in [0.15, 0.2) is 42.3 Å². The number of amides is 1. The summed E-state index contributed by atoms with van der Waals surface area (Å²) in [5.41, 5.74) is 1.76. The minimum absolute atomic E-state index is 0.0336. The van der Waals surface area contributed by atoms with Crippen molar-refractivity contribution in [2.24, 2.45) is 0 Å². The van der Waals surface area contributed by atoms with Crippen molar-refractivity contribution < 1.29 is 4.79 Å². The summed E-state index contributed by atoms with van der Waals surface area (Å²) in [4.78, 5) is 27.7. The molecule has 26 heavy (non-hydrogen) atoms. The summed E-state index contributed by atoms with van der Waals surface area (Å²) in [6.45, 7) is 4.18. The predicted molar refractivity (Wildman–Crippen MR) is 100 cm³/mol. The van der Waals surface area contributed by atoms with E-state index < -0.39 is 0 Å². The van der Waals surface area contributed by atoms with E-state index in [-0.39, 0.29) is 11.8 Å². The van der Waals surface area contributed by atoms with E-state index in [1.807, 2.05) is 54.1 Å². The fourth-order valence-corrected chi connectivity index (χ4v) is 4.08. The van der Waals surface area contributed by atoms with Crippen LogP contribution in [0.4, 0.5) is 0 Å². The zero-order chi connectivity index (χ0) is 17.9. The van der Waals surface area contributed by atoms with Crippen LogP contribution in [0, 0.1) is 6.92 Å². The Balaban J connectivity index is 1.50. The number of imidazole rings is 1. The van der Waals surface area contributed by atoms with Gasteiger partial charge in [0.15, 0.2) is 0 Å². The highest BCUT2D eigenvalue weighted by molar-refractivity contribution is 7.09. The Morgan fingerprint density at radius 1 is 1.31 bits per heavy atom. The van der Waals surface area contributed by atoms with Crippen molar-refractivity contribution >= 4 is 17.2 Å². The molecule has 0 saturated carbocycles. The Morgan fingerprint density at radius 2 is 2.15 bits per heavy atom. The zero-order valence-electron chi connectivity index (χ0n) is 14.7. The quantitative estimate of drug-likeness (QED) is 0.711. The lowest BCUT2D eigenvalue weighted by atomic mass is 9.96. The van der Waals surface area contributed by atoms with E-state index in [4.69, 9.17) is 0 Å². The first-order valence-electron chi connectivity index (χ1n) is 8.82. The van der Waals surface area contributed by atoms with Gasteiger partial charge in [-0.3, -0.25) is 9.78 Å². The summed E-state index contributed by atoms with van der Waals surface area (Å²) in [5.74, 6) is 1.34.